The van der Waals surface area contributed by atoms with Gasteiger partial charge >= 0.3 is 5.63 Å². The van der Waals surface area contributed by atoms with Crippen molar-refractivity contribution in [2.75, 3.05) is 6.61 Å². The SMILES string of the molecule is Cc1c(CCc2cc(OC3CCCCO3)cc(=O)o2)c2c(c(C)c1OCc1ccccc1)CC(C)(C)O2. The molecule has 1 unspecified atom stereocenters. The van der Waals surface area contributed by atoms with Crippen LogP contribution in [0.4, 0.5) is 0 Å². The average Bonchev–Trinajstić information content (AvgIpc) is 3.20. The van der Waals surface area contributed by atoms with Crippen LogP contribution in [-0.4, -0.2) is 18.5 Å². The molecule has 2 aromatic carbocycles. The summed E-state index contributed by atoms with van der Waals surface area (Å²) in [6.07, 6.45) is 4.62. The Morgan fingerprint density at radius 1 is 1.03 bits per heavy atom. The Kier molecular flexibility index (Phi) is 7.29. The van der Waals surface area contributed by atoms with Crippen LogP contribution in [0.3, 0.4) is 0 Å². The molecule has 0 radical (unpaired) electrons. The highest BCUT2D eigenvalue weighted by Gasteiger charge is 2.35. The zero-order valence-corrected chi connectivity index (χ0v) is 22.2. The van der Waals surface area contributed by atoms with Crippen LogP contribution < -0.4 is 19.8 Å². The Bertz CT molecular complexity index is 1300. The van der Waals surface area contributed by atoms with Gasteiger partial charge in [-0.3, -0.25) is 0 Å². The van der Waals surface area contributed by atoms with Crippen LogP contribution in [0.15, 0.2) is 51.7 Å². The van der Waals surface area contributed by atoms with Crippen LogP contribution in [0.25, 0.3) is 0 Å². The molecule has 0 spiro atoms. The number of hydrogen-bond acceptors (Lipinski definition) is 6. The van der Waals surface area contributed by atoms with Crippen molar-refractivity contribution in [1.29, 1.82) is 0 Å². The summed E-state index contributed by atoms with van der Waals surface area (Å²) in [5, 5.41) is 0. The van der Waals surface area contributed by atoms with Gasteiger partial charge in [0, 0.05) is 36.5 Å². The second-order valence-electron chi connectivity index (χ2n) is 10.7. The fraction of sp³-hybridized carbons (Fsp3) is 0.452. The monoisotopic (exact) mass is 504 g/mol. The molecule has 0 amide bonds. The maximum atomic E-state index is 12.3. The van der Waals surface area contributed by atoms with Crippen LogP contribution in [0, 0.1) is 13.8 Å². The Balaban J connectivity index is 1.40. The third-order valence-corrected chi connectivity index (χ3v) is 7.16. The molecule has 1 atom stereocenters. The summed E-state index contributed by atoms with van der Waals surface area (Å²) in [6.45, 7) is 9.62. The molecule has 3 heterocycles. The molecule has 2 aliphatic rings. The van der Waals surface area contributed by atoms with E-state index in [0.29, 0.717) is 37.6 Å². The quantitative estimate of drug-likeness (QED) is 0.362. The molecule has 0 aliphatic carbocycles. The van der Waals surface area contributed by atoms with Gasteiger partial charge in [-0.05, 0) is 63.6 Å². The fourth-order valence-electron chi connectivity index (χ4n) is 5.30. The standard InChI is InChI=1S/C31H36O6/c1-20-25(14-13-23-16-24(17-27(32)35-23)36-28-12-8-9-15-33-28)30-26(18-31(3,4)37-30)21(2)29(20)34-19-22-10-6-5-7-11-22/h5-7,10-11,16-17,28H,8-9,12-15,18-19H2,1-4H3. The molecule has 196 valence electrons. The van der Waals surface area contributed by atoms with Gasteiger partial charge < -0.3 is 23.4 Å². The summed E-state index contributed by atoms with van der Waals surface area (Å²) in [5.74, 6) is 2.92. The van der Waals surface area contributed by atoms with E-state index >= 15 is 0 Å². The smallest absolute Gasteiger partial charge is 0.339 e. The van der Waals surface area contributed by atoms with Crippen LogP contribution in [-0.2, 0) is 30.6 Å². The number of aryl methyl sites for hydroxylation is 1. The number of rotatable bonds is 8. The van der Waals surface area contributed by atoms with Crippen LogP contribution >= 0.6 is 0 Å². The summed E-state index contributed by atoms with van der Waals surface area (Å²) >= 11 is 0. The number of ether oxygens (including phenoxy) is 4. The van der Waals surface area contributed by atoms with Crippen molar-refractivity contribution in [1.82, 2.24) is 0 Å². The van der Waals surface area contributed by atoms with Gasteiger partial charge in [0.2, 0.25) is 0 Å². The van der Waals surface area contributed by atoms with Crippen molar-refractivity contribution in [3.63, 3.8) is 0 Å². The van der Waals surface area contributed by atoms with Gasteiger partial charge in [-0.25, -0.2) is 4.79 Å². The molecule has 37 heavy (non-hydrogen) atoms. The van der Waals surface area contributed by atoms with E-state index in [2.05, 4.69) is 39.8 Å². The molecule has 0 saturated carbocycles. The summed E-state index contributed by atoms with van der Waals surface area (Å²) in [7, 11) is 0. The zero-order chi connectivity index (χ0) is 26.0. The Morgan fingerprint density at radius 2 is 1.84 bits per heavy atom. The molecule has 1 fully saturated rings. The molecule has 5 rings (SSSR count). The second-order valence-corrected chi connectivity index (χ2v) is 10.7. The lowest BCUT2D eigenvalue weighted by molar-refractivity contribution is -0.106. The number of hydrogen-bond donors (Lipinski definition) is 0. The first-order chi connectivity index (χ1) is 17.8. The lowest BCUT2D eigenvalue weighted by atomic mass is 9.91. The minimum atomic E-state index is -0.418. The average molecular weight is 505 g/mol. The van der Waals surface area contributed by atoms with Crippen molar-refractivity contribution in [2.45, 2.75) is 84.7 Å². The molecular weight excluding hydrogens is 468 g/mol. The van der Waals surface area contributed by atoms with Crippen LogP contribution in [0.2, 0.25) is 0 Å². The zero-order valence-electron chi connectivity index (χ0n) is 22.2. The predicted octanol–water partition coefficient (Wildman–Crippen LogP) is 6.24. The van der Waals surface area contributed by atoms with Gasteiger partial charge in [0.25, 0.3) is 0 Å². The van der Waals surface area contributed by atoms with Crippen molar-refractivity contribution >= 4 is 0 Å². The first-order valence-electron chi connectivity index (χ1n) is 13.2. The highest BCUT2D eigenvalue weighted by Crippen LogP contribution is 2.46. The summed E-state index contributed by atoms with van der Waals surface area (Å²) in [4.78, 5) is 12.3. The normalized spacial score (nSPS) is 18.2. The Morgan fingerprint density at radius 3 is 2.59 bits per heavy atom. The van der Waals surface area contributed by atoms with E-state index in [1.165, 1.54) is 11.6 Å². The molecule has 0 N–H and O–H groups in total. The third kappa shape index (κ3) is 5.85. The maximum absolute atomic E-state index is 12.3. The summed E-state index contributed by atoms with van der Waals surface area (Å²) < 4.78 is 30.0. The lowest BCUT2D eigenvalue weighted by Gasteiger charge is -2.23. The van der Waals surface area contributed by atoms with E-state index in [9.17, 15) is 4.79 Å². The minimum absolute atomic E-state index is 0.285. The lowest BCUT2D eigenvalue weighted by Crippen LogP contribution is -2.25. The molecule has 6 nitrogen and oxygen atoms in total. The largest absolute Gasteiger partial charge is 0.488 e. The molecule has 6 heteroatoms. The van der Waals surface area contributed by atoms with E-state index in [-0.39, 0.29) is 11.9 Å². The Labute approximate surface area is 218 Å². The van der Waals surface area contributed by atoms with E-state index in [1.54, 1.807) is 6.07 Å². The Hall–Kier alpha value is -3.25. The second kappa shape index (κ2) is 10.6. The van der Waals surface area contributed by atoms with Gasteiger partial charge in [0.15, 0.2) is 6.29 Å². The van der Waals surface area contributed by atoms with Crippen molar-refractivity contribution in [3.05, 3.63) is 86.5 Å². The van der Waals surface area contributed by atoms with Gasteiger partial charge in [-0.2, -0.15) is 0 Å². The van der Waals surface area contributed by atoms with Gasteiger partial charge in [0.1, 0.15) is 35.2 Å². The van der Waals surface area contributed by atoms with E-state index < -0.39 is 5.63 Å². The topological polar surface area (TPSA) is 67.1 Å². The number of benzene rings is 2. The van der Waals surface area contributed by atoms with E-state index in [0.717, 1.165) is 59.4 Å². The first-order valence-corrected chi connectivity index (χ1v) is 13.2. The van der Waals surface area contributed by atoms with Crippen molar-refractivity contribution in [3.8, 4) is 17.2 Å². The third-order valence-electron chi connectivity index (χ3n) is 7.16. The molecule has 1 saturated heterocycles. The summed E-state index contributed by atoms with van der Waals surface area (Å²) in [5.41, 5.74) is 4.91. The highest BCUT2D eigenvalue weighted by molar-refractivity contribution is 5.61. The minimum Gasteiger partial charge on any atom is -0.488 e. The molecular formula is C31H36O6. The predicted molar refractivity (Wildman–Crippen MR) is 142 cm³/mol. The molecule has 1 aromatic heterocycles. The molecule has 2 aliphatic heterocycles. The number of fused-ring (bicyclic) bond motifs is 1. The maximum Gasteiger partial charge on any atom is 0.339 e. The van der Waals surface area contributed by atoms with E-state index in [4.69, 9.17) is 23.4 Å². The first kappa shape index (κ1) is 25.4. The highest BCUT2D eigenvalue weighted by atomic mass is 16.7. The molecule has 0 bridgehead atoms. The van der Waals surface area contributed by atoms with Gasteiger partial charge in [-0.1, -0.05) is 30.3 Å². The van der Waals surface area contributed by atoms with Crippen molar-refractivity contribution < 1.29 is 23.4 Å². The molecule has 3 aromatic rings. The van der Waals surface area contributed by atoms with E-state index in [1.807, 2.05) is 18.2 Å². The van der Waals surface area contributed by atoms with Gasteiger partial charge in [-0.15, -0.1) is 0 Å². The van der Waals surface area contributed by atoms with Gasteiger partial charge in [0.05, 0.1) is 12.7 Å². The van der Waals surface area contributed by atoms with Crippen molar-refractivity contribution in [2.24, 2.45) is 0 Å². The van der Waals surface area contributed by atoms with Crippen LogP contribution in [0.1, 0.15) is 66.7 Å². The fourth-order valence-corrected chi connectivity index (χ4v) is 5.30. The van der Waals surface area contributed by atoms with Crippen LogP contribution in [0.5, 0.6) is 17.2 Å². The summed E-state index contributed by atoms with van der Waals surface area (Å²) in [6, 6.07) is 13.4.